The zero-order valence-corrected chi connectivity index (χ0v) is 12.9. The van der Waals surface area contributed by atoms with Crippen LogP contribution in [0, 0.1) is 17.2 Å². The van der Waals surface area contributed by atoms with Crippen molar-refractivity contribution in [1.82, 2.24) is 15.1 Å². The summed E-state index contributed by atoms with van der Waals surface area (Å²) < 4.78 is 0. The Balaban J connectivity index is 1.57. The summed E-state index contributed by atoms with van der Waals surface area (Å²) in [6.07, 6.45) is 5.24. The van der Waals surface area contributed by atoms with Crippen LogP contribution in [0.3, 0.4) is 0 Å². The smallest absolute Gasteiger partial charge is 0.122 e. The minimum atomic E-state index is -0.310. The van der Waals surface area contributed by atoms with Crippen LogP contribution in [-0.2, 0) is 0 Å². The number of rotatable bonds is 6. The van der Waals surface area contributed by atoms with Gasteiger partial charge in [-0.3, -0.25) is 15.1 Å². The van der Waals surface area contributed by atoms with Crippen molar-refractivity contribution in [2.75, 3.05) is 32.7 Å². The maximum atomic E-state index is 9.77. The van der Waals surface area contributed by atoms with Crippen LogP contribution < -0.4 is 5.32 Å². The summed E-state index contributed by atoms with van der Waals surface area (Å²) >= 11 is 0. The lowest BCUT2D eigenvalue weighted by molar-refractivity contribution is 0.100. The van der Waals surface area contributed by atoms with Crippen LogP contribution in [0.4, 0.5) is 0 Å². The molecule has 0 aromatic heterocycles. The second kappa shape index (κ2) is 5.63. The number of nitrogens with zero attached hydrogens (tertiary/aromatic N) is 3. The number of nitrogens with one attached hydrogen (secondary N) is 1. The van der Waals surface area contributed by atoms with Crippen LogP contribution in [0.2, 0.25) is 0 Å². The van der Waals surface area contributed by atoms with E-state index in [4.69, 9.17) is 0 Å². The lowest BCUT2D eigenvalue weighted by atomic mass is 9.92. The van der Waals surface area contributed by atoms with Crippen molar-refractivity contribution in [3.05, 3.63) is 0 Å². The highest BCUT2D eigenvalue weighted by atomic mass is 15.3. The minimum absolute atomic E-state index is 0.310. The van der Waals surface area contributed by atoms with E-state index >= 15 is 0 Å². The van der Waals surface area contributed by atoms with E-state index in [1.807, 2.05) is 0 Å². The molecule has 20 heavy (non-hydrogen) atoms. The number of hydrogen-bond donors (Lipinski definition) is 1. The molecule has 4 heteroatoms. The molecule has 0 aromatic rings. The SMILES string of the molecule is CC(C)NC(C#N)(CN1CCN(C2CC2)CC1)C1CC1. The van der Waals surface area contributed by atoms with Gasteiger partial charge in [-0.05, 0) is 45.4 Å². The lowest BCUT2D eigenvalue weighted by Gasteiger charge is -2.40. The van der Waals surface area contributed by atoms with Crippen LogP contribution in [-0.4, -0.2) is 60.1 Å². The first-order valence-electron chi connectivity index (χ1n) is 8.28. The van der Waals surface area contributed by atoms with Gasteiger partial charge in [0.05, 0.1) is 6.07 Å². The fraction of sp³-hybridized carbons (Fsp3) is 0.938. The predicted molar refractivity (Wildman–Crippen MR) is 80.4 cm³/mol. The minimum Gasteiger partial charge on any atom is -0.298 e. The Morgan fingerprint density at radius 2 is 1.80 bits per heavy atom. The molecule has 1 saturated heterocycles. The molecule has 0 spiro atoms. The average Bonchev–Trinajstić information content (AvgIpc) is 3.30. The maximum absolute atomic E-state index is 9.77. The second-order valence-corrected chi connectivity index (χ2v) is 7.20. The standard InChI is InChI=1S/C16H28N4/c1-13(2)18-16(11-17,14-3-4-14)12-19-7-9-20(10-8-19)15-5-6-15/h13-15,18H,3-10,12H2,1-2H3. The summed E-state index contributed by atoms with van der Waals surface area (Å²) in [5.74, 6) is 0.566. The molecule has 2 aliphatic carbocycles. The number of hydrogen-bond acceptors (Lipinski definition) is 4. The third-order valence-corrected chi connectivity index (χ3v) is 4.96. The zero-order valence-electron chi connectivity index (χ0n) is 12.9. The zero-order chi connectivity index (χ0) is 14.2. The molecule has 3 rings (SSSR count). The van der Waals surface area contributed by atoms with Gasteiger partial charge in [0.1, 0.15) is 5.54 Å². The van der Waals surface area contributed by atoms with Gasteiger partial charge in [-0.15, -0.1) is 0 Å². The summed E-state index contributed by atoms with van der Waals surface area (Å²) in [6, 6.07) is 3.90. The van der Waals surface area contributed by atoms with Crippen molar-refractivity contribution in [2.45, 2.75) is 57.2 Å². The van der Waals surface area contributed by atoms with Gasteiger partial charge in [-0.1, -0.05) is 0 Å². The van der Waals surface area contributed by atoms with Gasteiger partial charge in [0.2, 0.25) is 0 Å². The van der Waals surface area contributed by atoms with Crippen molar-refractivity contribution < 1.29 is 0 Å². The monoisotopic (exact) mass is 276 g/mol. The topological polar surface area (TPSA) is 42.3 Å². The van der Waals surface area contributed by atoms with Crippen LogP contribution in [0.1, 0.15) is 39.5 Å². The highest BCUT2D eigenvalue weighted by Gasteiger charge is 2.47. The van der Waals surface area contributed by atoms with Crippen LogP contribution in [0.15, 0.2) is 0 Å². The van der Waals surface area contributed by atoms with E-state index < -0.39 is 0 Å². The van der Waals surface area contributed by atoms with E-state index in [2.05, 4.69) is 35.0 Å². The molecule has 1 heterocycles. The van der Waals surface area contributed by atoms with E-state index in [-0.39, 0.29) is 5.54 Å². The second-order valence-electron chi connectivity index (χ2n) is 7.20. The highest BCUT2D eigenvalue weighted by Crippen LogP contribution is 2.40. The first-order valence-corrected chi connectivity index (χ1v) is 8.28. The molecule has 112 valence electrons. The molecular formula is C16H28N4. The van der Waals surface area contributed by atoms with Crippen molar-refractivity contribution in [1.29, 1.82) is 5.26 Å². The summed E-state index contributed by atoms with van der Waals surface area (Å²) in [6.45, 7) is 9.86. The van der Waals surface area contributed by atoms with Crippen molar-refractivity contribution in [3.63, 3.8) is 0 Å². The fourth-order valence-electron chi connectivity index (χ4n) is 3.62. The van der Waals surface area contributed by atoms with Gasteiger partial charge in [-0.2, -0.15) is 5.26 Å². The Kier molecular flexibility index (Phi) is 4.03. The number of piperazine rings is 1. The number of nitriles is 1. The molecule has 4 nitrogen and oxygen atoms in total. The fourth-order valence-corrected chi connectivity index (χ4v) is 3.62. The molecule has 0 amide bonds. The predicted octanol–water partition coefficient (Wildman–Crippen LogP) is 1.44. The van der Waals surface area contributed by atoms with Crippen LogP contribution >= 0.6 is 0 Å². The van der Waals surface area contributed by atoms with Crippen LogP contribution in [0.5, 0.6) is 0 Å². The molecule has 1 N–H and O–H groups in total. The lowest BCUT2D eigenvalue weighted by Crippen LogP contribution is -2.59. The van der Waals surface area contributed by atoms with E-state index in [0.29, 0.717) is 12.0 Å². The van der Waals surface area contributed by atoms with Crippen LogP contribution in [0.25, 0.3) is 0 Å². The summed E-state index contributed by atoms with van der Waals surface area (Å²) in [5.41, 5.74) is -0.310. The van der Waals surface area contributed by atoms with E-state index in [9.17, 15) is 5.26 Å². The Morgan fingerprint density at radius 1 is 1.15 bits per heavy atom. The molecular weight excluding hydrogens is 248 g/mol. The van der Waals surface area contributed by atoms with E-state index in [1.165, 1.54) is 38.8 Å². The maximum Gasteiger partial charge on any atom is 0.122 e. The van der Waals surface area contributed by atoms with Gasteiger partial charge in [0, 0.05) is 44.8 Å². The first-order chi connectivity index (χ1) is 9.63. The quantitative estimate of drug-likeness (QED) is 0.797. The molecule has 3 aliphatic rings. The summed E-state index contributed by atoms with van der Waals surface area (Å²) in [4.78, 5) is 5.15. The largest absolute Gasteiger partial charge is 0.298 e. The van der Waals surface area contributed by atoms with Gasteiger partial charge in [0.15, 0.2) is 0 Å². The van der Waals surface area contributed by atoms with Crippen molar-refractivity contribution >= 4 is 0 Å². The Bertz CT molecular complexity index is 372. The van der Waals surface area contributed by atoms with Gasteiger partial charge >= 0.3 is 0 Å². The Morgan fingerprint density at radius 3 is 2.25 bits per heavy atom. The Labute approximate surface area is 123 Å². The molecule has 1 atom stereocenters. The van der Waals surface area contributed by atoms with Gasteiger partial charge in [-0.25, -0.2) is 0 Å². The normalized spacial score (nSPS) is 28.3. The third-order valence-electron chi connectivity index (χ3n) is 4.96. The Hall–Kier alpha value is -0.630. The molecule has 0 aromatic carbocycles. The average molecular weight is 276 g/mol. The van der Waals surface area contributed by atoms with E-state index in [1.54, 1.807) is 0 Å². The summed E-state index contributed by atoms with van der Waals surface area (Å²) in [5, 5.41) is 13.3. The van der Waals surface area contributed by atoms with Crippen molar-refractivity contribution in [2.24, 2.45) is 5.92 Å². The van der Waals surface area contributed by atoms with E-state index in [0.717, 1.165) is 25.7 Å². The molecule has 1 aliphatic heterocycles. The van der Waals surface area contributed by atoms with Gasteiger partial charge in [0.25, 0.3) is 0 Å². The first kappa shape index (κ1) is 14.3. The van der Waals surface area contributed by atoms with Crippen molar-refractivity contribution in [3.8, 4) is 6.07 Å². The molecule has 0 bridgehead atoms. The third kappa shape index (κ3) is 3.16. The highest BCUT2D eigenvalue weighted by molar-refractivity contribution is 5.17. The molecule has 3 fully saturated rings. The van der Waals surface area contributed by atoms with Gasteiger partial charge < -0.3 is 0 Å². The molecule has 0 radical (unpaired) electrons. The molecule has 1 unspecified atom stereocenters. The molecule has 2 saturated carbocycles. The summed E-state index contributed by atoms with van der Waals surface area (Å²) in [7, 11) is 0.